The largest absolute Gasteiger partial charge is 0.453 e. The van der Waals surface area contributed by atoms with Crippen molar-refractivity contribution in [2.24, 2.45) is 5.73 Å². The van der Waals surface area contributed by atoms with Crippen molar-refractivity contribution in [2.75, 3.05) is 5.73 Å². The minimum Gasteiger partial charge on any atom is -0.453 e. The molecular weight excluding hydrogens is 332 g/mol. The van der Waals surface area contributed by atoms with E-state index >= 15 is 0 Å². The first-order chi connectivity index (χ1) is 8.99. The molecule has 0 atom stereocenters. The summed E-state index contributed by atoms with van der Waals surface area (Å²) in [6, 6.07) is 9.91. The summed E-state index contributed by atoms with van der Waals surface area (Å²) in [5.74, 6) is -0.0139. The fraction of sp³-hybridized carbons (Fsp3) is 0. The lowest BCUT2D eigenvalue weighted by molar-refractivity contribution is 0.0998. The van der Waals surface area contributed by atoms with Crippen molar-refractivity contribution >= 4 is 39.1 Å². The van der Waals surface area contributed by atoms with E-state index in [9.17, 15) is 4.79 Å². The predicted octanol–water partition coefficient (Wildman–Crippen LogP) is 3.58. The number of carbonyl (C=O) groups is 1. The molecule has 0 unspecified atom stereocenters. The van der Waals surface area contributed by atoms with Gasteiger partial charge in [0.25, 0.3) is 5.91 Å². The van der Waals surface area contributed by atoms with Gasteiger partial charge in [0, 0.05) is 4.47 Å². The van der Waals surface area contributed by atoms with Gasteiger partial charge in [-0.15, -0.1) is 0 Å². The number of nitrogen functional groups attached to an aromatic ring is 1. The van der Waals surface area contributed by atoms with Crippen molar-refractivity contribution in [3.63, 3.8) is 0 Å². The number of ether oxygens (including phenoxy) is 1. The highest BCUT2D eigenvalue weighted by atomic mass is 79.9. The van der Waals surface area contributed by atoms with Crippen LogP contribution in [-0.2, 0) is 0 Å². The predicted molar refractivity (Wildman–Crippen MR) is 78.6 cm³/mol. The third-order valence-electron chi connectivity index (χ3n) is 2.42. The molecule has 0 aliphatic heterocycles. The molecule has 1 amide bonds. The van der Waals surface area contributed by atoms with Crippen molar-refractivity contribution in [3.8, 4) is 11.5 Å². The quantitative estimate of drug-likeness (QED) is 0.838. The van der Waals surface area contributed by atoms with E-state index in [4.69, 9.17) is 27.8 Å². The number of hydrogen-bond acceptors (Lipinski definition) is 3. The third kappa shape index (κ3) is 3.00. The van der Waals surface area contributed by atoms with Gasteiger partial charge in [-0.3, -0.25) is 4.79 Å². The van der Waals surface area contributed by atoms with Gasteiger partial charge in [0.05, 0.1) is 16.3 Å². The van der Waals surface area contributed by atoms with E-state index in [1.165, 1.54) is 0 Å². The number of benzene rings is 2. The molecular formula is C13H10BrClN2O2. The Morgan fingerprint density at radius 2 is 2.00 bits per heavy atom. The van der Waals surface area contributed by atoms with Crippen LogP contribution in [0.5, 0.6) is 11.5 Å². The molecule has 0 heterocycles. The van der Waals surface area contributed by atoms with Gasteiger partial charge in [0.2, 0.25) is 0 Å². The highest BCUT2D eigenvalue weighted by Gasteiger charge is 2.14. The molecule has 0 fully saturated rings. The van der Waals surface area contributed by atoms with Crippen molar-refractivity contribution in [1.82, 2.24) is 0 Å². The van der Waals surface area contributed by atoms with Crippen molar-refractivity contribution in [2.45, 2.75) is 0 Å². The summed E-state index contributed by atoms with van der Waals surface area (Å²) in [7, 11) is 0. The third-order valence-corrected chi connectivity index (χ3v) is 3.21. The number of para-hydroxylation sites is 1. The average molecular weight is 342 g/mol. The van der Waals surface area contributed by atoms with E-state index in [-0.39, 0.29) is 11.3 Å². The minimum atomic E-state index is -0.615. The summed E-state index contributed by atoms with van der Waals surface area (Å²) in [5.41, 5.74) is 11.6. The zero-order valence-corrected chi connectivity index (χ0v) is 12.0. The molecule has 0 aromatic heterocycles. The van der Waals surface area contributed by atoms with Crippen LogP contribution >= 0.6 is 27.5 Å². The molecule has 0 spiro atoms. The van der Waals surface area contributed by atoms with Crippen LogP contribution in [0.25, 0.3) is 0 Å². The smallest absolute Gasteiger partial charge is 0.252 e. The molecule has 0 bridgehead atoms. The van der Waals surface area contributed by atoms with Crippen LogP contribution in [0.4, 0.5) is 5.69 Å². The van der Waals surface area contributed by atoms with E-state index in [1.54, 1.807) is 36.4 Å². The zero-order chi connectivity index (χ0) is 14.0. The van der Waals surface area contributed by atoms with Crippen LogP contribution in [0.3, 0.4) is 0 Å². The van der Waals surface area contributed by atoms with Crippen LogP contribution in [-0.4, -0.2) is 5.91 Å². The summed E-state index contributed by atoms with van der Waals surface area (Å²) in [6.45, 7) is 0. The molecule has 0 radical (unpaired) electrons. The zero-order valence-electron chi connectivity index (χ0n) is 9.69. The lowest BCUT2D eigenvalue weighted by Gasteiger charge is -2.12. The number of primary amides is 1. The van der Waals surface area contributed by atoms with Gasteiger partial charge >= 0.3 is 0 Å². The molecule has 19 heavy (non-hydrogen) atoms. The molecule has 2 aromatic carbocycles. The molecule has 6 heteroatoms. The number of rotatable bonds is 3. The van der Waals surface area contributed by atoms with Gasteiger partial charge in [-0.05, 0) is 30.3 Å². The second kappa shape index (κ2) is 5.50. The monoisotopic (exact) mass is 340 g/mol. The van der Waals surface area contributed by atoms with Crippen molar-refractivity contribution in [1.29, 1.82) is 0 Å². The van der Waals surface area contributed by atoms with E-state index in [0.29, 0.717) is 16.5 Å². The van der Waals surface area contributed by atoms with Crippen molar-refractivity contribution in [3.05, 3.63) is 51.5 Å². The van der Waals surface area contributed by atoms with Gasteiger partial charge in [-0.1, -0.05) is 33.6 Å². The first-order valence-corrected chi connectivity index (χ1v) is 6.47. The van der Waals surface area contributed by atoms with Crippen LogP contribution in [0.1, 0.15) is 10.4 Å². The average Bonchev–Trinajstić information content (AvgIpc) is 2.34. The lowest BCUT2D eigenvalue weighted by Crippen LogP contribution is -2.13. The Hall–Kier alpha value is -1.72. The second-order valence-electron chi connectivity index (χ2n) is 3.76. The number of anilines is 1. The molecule has 4 N–H and O–H groups in total. The van der Waals surface area contributed by atoms with Crippen LogP contribution in [0.2, 0.25) is 5.02 Å². The van der Waals surface area contributed by atoms with Gasteiger partial charge in [0.15, 0.2) is 5.75 Å². The molecule has 98 valence electrons. The summed E-state index contributed by atoms with van der Waals surface area (Å²) in [6.07, 6.45) is 0. The highest BCUT2D eigenvalue weighted by Crippen LogP contribution is 2.36. The Kier molecular flexibility index (Phi) is 3.97. The van der Waals surface area contributed by atoms with E-state index in [0.717, 1.165) is 4.47 Å². The van der Waals surface area contributed by atoms with Gasteiger partial charge in [-0.25, -0.2) is 0 Å². The Labute approximate surface area is 123 Å². The SMILES string of the molecule is NC(=O)c1cccc(N)c1Oc1ccc(Br)cc1Cl. The molecule has 0 aliphatic carbocycles. The normalized spacial score (nSPS) is 10.2. The molecule has 2 rings (SSSR count). The Balaban J connectivity index is 2.46. The maximum atomic E-state index is 11.3. The van der Waals surface area contributed by atoms with Gasteiger partial charge in [-0.2, -0.15) is 0 Å². The number of halogens is 2. The fourth-order valence-electron chi connectivity index (χ4n) is 1.53. The van der Waals surface area contributed by atoms with Crippen molar-refractivity contribution < 1.29 is 9.53 Å². The minimum absolute atomic E-state index is 0.207. The summed E-state index contributed by atoms with van der Waals surface area (Å²) < 4.78 is 6.43. The molecule has 2 aromatic rings. The molecule has 0 saturated heterocycles. The van der Waals surface area contributed by atoms with E-state index < -0.39 is 5.91 Å². The molecule has 0 aliphatic rings. The number of hydrogen-bond donors (Lipinski definition) is 2. The topological polar surface area (TPSA) is 78.3 Å². The number of nitrogens with two attached hydrogens (primary N) is 2. The fourth-order valence-corrected chi connectivity index (χ4v) is 2.24. The van der Waals surface area contributed by atoms with Crippen LogP contribution in [0.15, 0.2) is 40.9 Å². The maximum Gasteiger partial charge on any atom is 0.252 e. The molecule has 4 nitrogen and oxygen atoms in total. The Morgan fingerprint density at radius 3 is 2.63 bits per heavy atom. The maximum absolute atomic E-state index is 11.3. The number of carbonyl (C=O) groups excluding carboxylic acids is 1. The van der Waals surface area contributed by atoms with E-state index in [1.807, 2.05) is 0 Å². The number of amides is 1. The molecule has 0 saturated carbocycles. The first-order valence-electron chi connectivity index (χ1n) is 5.30. The summed E-state index contributed by atoms with van der Waals surface area (Å²) >= 11 is 9.35. The lowest BCUT2D eigenvalue weighted by atomic mass is 10.1. The summed E-state index contributed by atoms with van der Waals surface area (Å²) in [4.78, 5) is 11.3. The van der Waals surface area contributed by atoms with Crippen LogP contribution < -0.4 is 16.2 Å². The van der Waals surface area contributed by atoms with Gasteiger partial charge < -0.3 is 16.2 Å². The first kappa shape index (κ1) is 13.7. The Morgan fingerprint density at radius 1 is 1.26 bits per heavy atom. The highest BCUT2D eigenvalue weighted by molar-refractivity contribution is 9.10. The standard InChI is InChI=1S/C13H10BrClN2O2/c14-7-4-5-11(9(15)6-7)19-12-8(13(17)18)2-1-3-10(12)16/h1-6H,16H2,(H2,17,18). The van der Waals surface area contributed by atoms with Crippen LogP contribution in [0, 0.1) is 0 Å². The second-order valence-corrected chi connectivity index (χ2v) is 5.09. The Bertz CT molecular complexity index is 647. The summed E-state index contributed by atoms with van der Waals surface area (Å²) in [5, 5.41) is 0.396. The van der Waals surface area contributed by atoms with Gasteiger partial charge in [0.1, 0.15) is 5.75 Å². The van der Waals surface area contributed by atoms with E-state index in [2.05, 4.69) is 15.9 Å².